The zero-order chi connectivity index (χ0) is 32.9. The molecule has 1 atom stereocenters. The van der Waals surface area contributed by atoms with E-state index < -0.39 is 0 Å². The van der Waals surface area contributed by atoms with Gasteiger partial charge >= 0.3 is 0 Å². The van der Waals surface area contributed by atoms with Crippen molar-refractivity contribution >= 4 is 22.8 Å². The summed E-state index contributed by atoms with van der Waals surface area (Å²) in [6.07, 6.45) is 11.4. The van der Waals surface area contributed by atoms with Crippen LogP contribution in [0.15, 0.2) is 97.5 Å². The number of aromatic hydroxyl groups is 1. The second kappa shape index (κ2) is 14.4. The summed E-state index contributed by atoms with van der Waals surface area (Å²) in [5.74, 6) is 0.928. The minimum Gasteiger partial charge on any atom is -0.507 e. The fourth-order valence-electron chi connectivity index (χ4n) is 7.37. The van der Waals surface area contributed by atoms with E-state index in [9.17, 15) is 5.11 Å². The highest BCUT2D eigenvalue weighted by atomic mass is 16.3. The average molecular weight is 630 g/mol. The van der Waals surface area contributed by atoms with E-state index in [1.807, 2.05) is 12.1 Å². The van der Waals surface area contributed by atoms with E-state index in [0.29, 0.717) is 29.0 Å². The highest BCUT2D eigenvalue weighted by molar-refractivity contribution is 6.27. The normalized spacial score (nSPS) is 20.2. The summed E-state index contributed by atoms with van der Waals surface area (Å²) in [6.45, 7) is 12.5. The van der Waals surface area contributed by atoms with Gasteiger partial charge in [0.15, 0.2) is 0 Å². The van der Waals surface area contributed by atoms with Gasteiger partial charge in [0.2, 0.25) is 0 Å². The minimum absolute atomic E-state index is 0.0324. The molecule has 0 saturated carbocycles. The van der Waals surface area contributed by atoms with Crippen LogP contribution in [-0.2, 0) is 6.42 Å². The number of phenolic OH excluding ortho intramolecular Hbond substituents is 1. The predicted octanol–water partition coefficient (Wildman–Crippen LogP) is 6.59. The van der Waals surface area contributed by atoms with Crippen molar-refractivity contribution in [3.8, 4) is 5.75 Å². The summed E-state index contributed by atoms with van der Waals surface area (Å²) < 4.78 is 0. The van der Waals surface area contributed by atoms with Gasteiger partial charge in [0, 0.05) is 65.2 Å². The number of rotatable bonds is 9. The van der Waals surface area contributed by atoms with E-state index in [2.05, 4.69) is 58.7 Å². The predicted molar refractivity (Wildman–Crippen MR) is 192 cm³/mol. The van der Waals surface area contributed by atoms with Crippen molar-refractivity contribution < 1.29 is 5.11 Å². The van der Waals surface area contributed by atoms with Crippen LogP contribution in [0.2, 0.25) is 0 Å². The van der Waals surface area contributed by atoms with E-state index in [1.165, 1.54) is 18.4 Å². The average Bonchev–Trinajstić information content (AvgIpc) is 3.09. The molecule has 244 valence electrons. The number of para-hydroxylation sites is 1. The number of nitrogens with two attached hydrogens (primary N) is 1. The van der Waals surface area contributed by atoms with E-state index in [0.717, 1.165) is 86.6 Å². The van der Waals surface area contributed by atoms with Crippen LogP contribution >= 0.6 is 0 Å². The van der Waals surface area contributed by atoms with Gasteiger partial charge in [-0.25, -0.2) is 0 Å². The maximum Gasteiger partial charge on any atom is 0.124 e. The molecule has 6 rings (SSSR count). The number of pyridine rings is 1. The molecule has 3 saturated heterocycles. The number of aromatic nitrogens is 1. The summed E-state index contributed by atoms with van der Waals surface area (Å²) in [5, 5.41) is 30.0. The number of phenols is 1. The minimum atomic E-state index is -0.109. The third kappa shape index (κ3) is 7.66. The molecule has 3 fully saturated rings. The fourth-order valence-corrected chi connectivity index (χ4v) is 7.37. The summed E-state index contributed by atoms with van der Waals surface area (Å²) in [7, 11) is 0. The van der Waals surface area contributed by atoms with Crippen molar-refractivity contribution in [2.24, 2.45) is 11.7 Å². The Morgan fingerprint density at radius 2 is 1.66 bits per heavy atom. The lowest BCUT2D eigenvalue weighted by Crippen LogP contribution is -2.47. The summed E-state index contributed by atoms with van der Waals surface area (Å²) in [4.78, 5) is 10.00. The number of anilines is 1. The highest BCUT2D eigenvalue weighted by Crippen LogP contribution is 2.32. The SMILES string of the molecule is C=C1CCC(Cc2ccc(C3CCN(C4CCN(c5ccc(/C(=C/C(=N)c6ccccc6O)C(=N)N)cc5)CC4)CC3)cn2)C(=C)N1. The second-order valence-electron chi connectivity index (χ2n) is 13.3. The van der Waals surface area contributed by atoms with Crippen LogP contribution in [0.4, 0.5) is 5.69 Å². The number of likely N-dealkylation sites (tertiary alicyclic amines) is 1. The molecule has 1 aromatic heterocycles. The third-order valence-electron chi connectivity index (χ3n) is 10.2. The number of benzene rings is 2. The van der Waals surface area contributed by atoms with Crippen molar-refractivity contribution in [3.63, 3.8) is 0 Å². The Balaban J connectivity index is 0.983. The van der Waals surface area contributed by atoms with Crippen molar-refractivity contribution in [1.29, 1.82) is 10.8 Å². The van der Waals surface area contributed by atoms with E-state index in [1.54, 1.807) is 30.3 Å². The van der Waals surface area contributed by atoms with Crippen molar-refractivity contribution in [2.75, 3.05) is 31.1 Å². The fraction of sp³-hybridized carbons (Fsp3) is 0.359. The Morgan fingerprint density at radius 1 is 0.936 bits per heavy atom. The summed E-state index contributed by atoms with van der Waals surface area (Å²) in [6, 6.07) is 20.0. The monoisotopic (exact) mass is 629 g/mol. The van der Waals surface area contributed by atoms with Crippen LogP contribution in [0.1, 0.15) is 66.8 Å². The first-order valence-electron chi connectivity index (χ1n) is 16.9. The highest BCUT2D eigenvalue weighted by Gasteiger charge is 2.29. The molecule has 1 unspecified atom stereocenters. The summed E-state index contributed by atoms with van der Waals surface area (Å²) >= 11 is 0. The van der Waals surface area contributed by atoms with Crippen LogP contribution in [0.25, 0.3) is 5.57 Å². The Labute approximate surface area is 278 Å². The number of allylic oxidation sites excluding steroid dienone is 3. The molecular weight excluding hydrogens is 582 g/mol. The van der Waals surface area contributed by atoms with Crippen LogP contribution in [0.5, 0.6) is 5.75 Å². The molecule has 8 nitrogen and oxygen atoms in total. The van der Waals surface area contributed by atoms with Gasteiger partial charge < -0.3 is 31.4 Å². The molecule has 3 aliphatic heterocycles. The van der Waals surface area contributed by atoms with Crippen molar-refractivity contribution in [2.45, 2.75) is 56.9 Å². The standard InChI is InChI=1S/C39H47N7O/c1-26-7-8-30(27(2)44-26)23-32-12-9-31(25-43-32)28-15-19-45(20-16-28)34-17-21-46(22-18-34)33-13-10-29(11-14-33)36(39(41)42)24-37(40)35-5-3-4-6-38(35)47/h3-6,9-14,24-25,28,30,34,40,44,47H,1-2,7-8,15-23H2,(H3,41,42)/b36-24-,40-37?. The number of hydrogen-bond donors (Lipinski definition) is 5. The molecule has 2 aromatic carbocycles. The van der Waals surface area contributed by atoms with Gasteiger partial charge in [0.25, 0.3) is 0 Å². The number of nitrogens with zero attached hydrogens (tertiary/aromatic N) is 3. The number of hydrogen-bond acceptors (Lipinski definition) is 7. The zero-order valence-corrected chi connectivity index (χ0v) is 27.2. The topological polar surface area (TPSA) is 125 Å². The van der Waals surface area contributed by atoms with Crippen LogP contribution in [-0.4, -0.2) is 58.8 Å². The van der Waals surface area contributed by atoms with E-state index in [4.69, 9.17) is 21.5 Å². The Bertz CT molecular complexity index is 1640. The molecule has 0 amide bonds. The van der Waals surface area contributed by atoms with Crippen LogP contribution in [0.3, 0.4) is 0 Å². The number of piperidine rings is 3. The van der Waals surface area contributed by atoms with Gasteiger partial charge in [0.05, 0.1) is 5.71 Å². The van der Waals surface area contributed by atoms with E-state index >= 15 is 0 Å². The maximum absolute atomic E-state index is 10.1. The first-order valence-corrected chi connectivity index (χ1v) is 16.9. The van der Waals surface area contributed by atoms with Gasteiger partial charge in [0.1, 0.15) is 11.6 Å². The zero-order valence-electron chi connectivity index (χ0n) is 27.2. The quantitative estimate of drug-likeness (QED) is 0.134. The molecular formula is C39H47N7O. The van der Waals surface area contributed by atoms with Crippen LogP contribution in [0, 0.1) is 16.7 Å². The Kier molecular flexibility index (Phi) is 9.87. The van der Waals surface area contributed by atoms with Gasteiger partial charge in [-0.3, -0.25) is 10.4 Å². The third-order valence-corrected chi connectivity index (χ3v) is 10.2. The number of amidine groups is 1. The Morgan fingerprint density at radius 3 is 2.30 bits per heavy atom. The lowest BCUT2D eigenvalue weighted by molar-refractivity contribution is 0.132. The molecule has 3 aliphatic rings. The van der Waals surface area contributed by atoms with Gasteiger partial charge in [-0.05, 0) is 111 Å². The smallest absolute Gasteiger partial charge is 0.124 e. The van der Waals surface area contributed by atoms with Gasteiger partial charge in [-0.1, -0.05) is 43.5 Å². The lowest BCUT2D eigenvalue weighted by atomic mass is 9.87. The molecule has 6 N–H and O–H groups in total. The Hall–Kier alpha value is -4.69. The largest absolute Gasteiger partial charge is 0.507 e. The molecule has 0 bridgehead atoms. The second-order valence-corrected chi connectivity index (χ2v) is 13.3. The number of nitrogens with one attached hydrogen (secondary N) is 3. The van der Waals surface area contributed by atoms with Gasteiger partial charge in [-0.2, -0.15) is 0 Å². The molecule has 0 aliphatic carbocycles. The molecule has 8 heteroatoms. The molecule has 47 heavy (non-hydrogen) atoms. The summed E-state index contributed by atoms with van der Waals surface area (Å²) in [5.41, 5.74) is 13.5. The first-order chi connectivity index (χ1) is 22.7. The van der Waals surface area contributed by atoms with Gasteiger partial charge in [-0.15, -0.1) is 0 Å². The van der Waals surface area contributed by atoms with E-state index in [-0.39, 0.29) is 17.3 Å². The first kappa shape index (κ1) is 32.3. The molecule has 4 heterocycles. The van der Waals surface area contributed by atoms with Crippen LogP contribution < -0.4 is 16.0 Å². The molecule has 0 radical (unpaired) electrons. The van der Waals surface area contributed by atoms with Crippen molar-refractivity contribution in [3.05, 3.63) is 120 Å². The molecule has 3 aromatic rings. The maximum atomic E-state index is 10.1. The van der Waals surface area contributed by atoms with Crippen molar-refractivity contribution in [1.82, 2.24) is 15.2 Å². The lowest BCUT2D eigenvalue weighted by Gasteiger charge is -2.42. The molecule has 0 spiro atoms.